The lowest BCUT2D eigenvalue weighted by molar-refractivity contribution is -0.139. The SMILES string of the molecule is COCCN(C(=O)Oc1ccccc1)[C@H](C(=O)N1CC[C@@H](O)C1)C(C)(C)C. The normalized spacial score (nSPS) is 18.3. The Kier molecular flexibility index (Phi) is 7.21. The molecule has 2 atom stereocenters. The Balaban J connectivity index is 2.27. The van der Waals surface area contributed by atoms with Crippen molar-refractivity contribution in [2.45, 2.75) is 39.3 Å². The molecule has 27 heavy (non-hydrogen) atoms. The maximum atomic E-state index is 13.2. The van der Waals surface area contributed by atoms with Crippen molar-refractivity contribution in [2.75, 3.05) is 33.4 Å². The summed E-state index contributed by atoms with van der Waals surface area (Å²) >= 11 is 0. The van der Waals surface area contributed by atoms with Crippen LogP contribution in [-0.4, -0.2) is 72.4 Å². The van der Waals surface area contributed by atoms with Crippen LogP contribution < -0.4 is 4.74 Å². The quantitative estimate of drug-likeness (QED) is 0.820. The monoisotopic (exact) mass is 378 g/mol. The largest absolute Gasteiger partial charge is 0.416 e. The number of ether oxygens (including phenoxy) is 2. The van der Waals surface area contributed by atoms with E-state index in [9.17, 15) is 14.7 Å². The van der Waals surface area contributed by atoms with Crippen molar-refractivity contribution in [3.63, 3.8) is 0 Å². The van der Waals surface area contributed by atoms with E-state index in [1.54, 1.807) is 36.3 Å². The Labute approximate surface area is 160 Å². The van der Waals surface area contributed by atoms with Crippen molar-refractivity contribution < 1.29 is 24.2 Å². The Hall–Kier alpha value is -2.12. The highest BCUT2D eigenvalue weighted by Gasteiger charge is 2.43. The van der Waals surface area contributed by atoms with Crippen LogP contribution in [0.3, 0.4) is 0 Å². The van der Waals surface area contributed by atoms with Crippen molar-refractivity contribution in [1.29, 1.82) is 0 Å². The van der Waals surface area contributed by atoms with Crippen molar-refractivity contribution in [3.05, 3.63) is 30.3 Å². The molecule has 1 N–H and O–H groups in total. The summed E-state index contributed by atoms with van der Waals surface area (Å²) in [4.78, 5) is 29.2. The van der Waals surface area contributed by atoms with Gasteiger partial charge in [0.2, 0.25) is 5.91 Å². The fourth-order valence-electron chi connectivity index (χ4n) is 3.25. The number of nitrogens with zero attached hydrogens (tertiary/aromatic N) is 2. The number of hydrogen-bond acceptors (Lipinski definition) is 5. The molecule has 0 saturated carbocycles. The predicted octanol–water partition coefficient (Wildman–Crippen LogP) is 2.14. The fraction of sp³-hybridized carbons (Fsp3) is 0.600. The average molecular weight is 378 g/mol. The minimum Gasteiger partial charge on any atom is -0.410 e. The summed E-state index contributed by atoms with van der Waals surface area (Å²) in [6, 6.07) is 8.04. The van der Waals surface area contributed by atoms with Crippen LogP contribution in [0.25, 0.3) is 0 Å². The van der Waals surface area contributed by atoms with Gasteiger partial charge in [-0.3, -0.25) is 9.69 Å². The Bertz CT molecular complexity index is 629. The highest BCUT2D eigenvalue weighted by Crippen LogP contribution is 2.28. The van der Waals surface area contributed by atoms with E-state index in [1.165, 1.54) is 4.90 Å². The van der Waals surface area contributed by atoms with Crippen molar-refractivity contribution in [1.82, 2.24) is 9.80 Å². The molecule has 2 rings (SSSR count). The molecule has 0 radical (unpaired) electrons. The molecule has 1 aliphatic rings. The molecule has 0 unspecified atom stereocenters. The number of rotatable bonds is 6. The van der Waals surface area contributed by atoms with Gasteiger partial charge in [-0.25, -0.2) is 4.79 Å². The topological polar surface area (TPSA) is 79.3 Å². The lowest BCUT2D eigenvalue weighted by Crippen LogP contribution is -2.57. The van der Waals surface area contributed by atoms with Crippen LogP contribution in [0.15, 0.2) is 30.3 Å². The number of amides is 2. The van der Waals surface area contributed by atoms with E-state index in [2.05, 4.69) is 0 Å². The van der Waals surface area contributed by atoms with Crippen molar-refractivity contribution in [3.8, 4) is 5.75 Å². The van der Waals surface area contributed by atoms with Crippen molar-refractivity contribution in [2.24, 2.45) is 5.41 Å². The van der Waals surface area contributed by atoms with Crippen LogP contribution in [0.4, 0.5) is 4.79 Å². The molecule has 1 aromatic carbocycles. The third kappa shape index (κ3) is 5.68. The van der Waals surface area contributed by atoms with Crippen LogP contribution in [0.1, 0.15) is 27.2 Å². The van der Waals surface area contributed by atoms with Gasteiger partial charge in [-0.2, -0.15) is 0 Å². The van der Waals surface area contributed by atoms with Gasteiger partial charge < -0.3 is 19.5 Å². The van der Waals surface area contributed by atoms with Crippen LogP contribution in [0, 0.1) is 5.41 Å². The summed E-state index contributed by atoms with van der Waals surface area (Å²) in [6.45, 7) is 7.03. The molecular weight excluding hydrogens is 348 g/mol. The zero-order valence-corrected chi connectivity index (χ0v) is 16.6. The lowest BCUT2D eigenvalue weighted by atomic mass is 9.84. The number of carbonyl (C=O) groups excluding carboxylic acids is 2. The molecule has 2 amide bonds. The van der Waals surface area contributed by atoms with Crippen LogP contribution in [-0.2, 0) is 9.53 Å². The minimum atomic E-state index is -0.728. The van der Waals surface area contributed by atoms with Gasteiger partial charge in [-0.1, -0.05) is 39.0 Å². The van der Waals surface area contributed by atoms with Gasteiger partial charge in [0.05, 0.1) is 12.7 Å². The summed E-state index contributed by atoms with van der Waals surface area (Å²) in [5.74, 6) is 0.238. The first-order valence-electron chi connectivity index (χ1n) is 9.23. The van der Waals surface area contributed by atoms with E-state index in [0.717, 1.165) is 0 Å². The van der Waals surface area contributed by atoms with E-state index < -0.39 is 23.7 Å². The van der Waals surface area contributed by atoms with Gasteiger partial charge in [-0.05, 0) is 24.0 Å². The molecule has 1 saturated heterocycles. The molecule has 1 aliphatic heterocycles. The molecule has 1 heterocycles. The van der Waals surface area contributed by atoms with Crippen LogP contribution in [0.2, 0.25) is 0 Å². The Morgan fingerprint density at radius 1 is 1.30 bits per heavy atom. The number of aliphatic hydroxyl groups is 1. The molecule has 0 aliphatic carbocycles. The second-order valence-electron chi connectivity index (χ2n) is 7.86. The molecular formula is C20H30N2O5. The third-order valence-electron chi connectivity index (χ3n) is 4.56. The number of likely N-dealkylation sites (tertiary alicyclic amines) is 1. The number of hydrogen-bond donors (Lipinski definition) is 1. The molecule has 7 heteroatoms. The van der Waals surface area contributed by atoms with E-state index >= 15 is 0 Å². The van der Waals surface area contributed by atoms with Gasteiger partial charge in [0.25, 0.3) is 0 Å². The smallest absolute Gasteiger partial charge is 0.410 e. The van der Waals surface area contributed by atoms with Gasteiger partial charge >= 0.3 is 6.09 Å². The predicted molar refractivity (Wildman–Crippen MR) is 101 cm³/mol. The van der Waals surface area contributed by atoms with Gasteiger partial charge in [0.15, 0.2) is 0 Å². The zero-order chi connectivity index (χ0) is 20.0. The number of β-amino-alcohol motifs (C(OH)–C–C–N with tert-alkyl or cyclic N) is 1. The summed E-state index contributed by atoms with van der Waals surface area (Å²) in [5.41, 5.74) is -0.520. The van der Waals surface area contributed by atoms with E-state index in [1.807, 2.05) is 26.8 Å². The molecule has 0 spiro atoms. The number of methoxy groups -OCH3 is 1. The second-order valence-corrected chi connectivity index (χ2v) is 7.86. The van der Waals surface area contributed by atoms with Gasteiger partial charge in [-0.15, -0.1) is 0 Å². The van der Waals surface area contributed by atoms with Gasteiger partial charge in [0, 0.05) is 26.7 Å². The summed E-state index contributed by atoms with van der Waals surface area (Å²) in [7, 11) is 1.55. The van der Waals surface area contributed by atoms with Crippen LogP contribution >= 0.6 is 0 Å². The zero-order valence-electron chi connectivity index (χ0n) is 16.6. The molecule has 1 aromatic rings. The number of benzene rings is 1. The molecule has 7 nitrogen and oxygen atoms in total. The average Bonchev–Trinajstić information content (AvgIpc) is 3.04. The number of para-hydroxylation sites is 1. The maximum absolute atomic E-state index is 13.2. The van der Waals surface area contributed by atoms with Crippen LogP contribution in [0.5, 0.6) is 5.75 Å². The maximum Gasteiger partial charge on any atom is 0.416 e. The fourth-order valence-corrected chi connectivity index (χ4v) is 3.25. The lowest BCUT2D eigenvalue weighted by Gasteiger charge is -2.40. The van der Waals surface area contributed by atoms with E-state index in [0.29, 0.717) is 18.7 Å². The van der Waals surface area contributed by atoms with E-state index in [-0.39, 0.29) is 25.6 Å². The molecule has 0 bridgehead atoms. The Morgan fingerprint density at radius 3 is 2.48 bits per heavy atom. The third-order valence-corrected chi connectivity index (χ3v) is 4.56. The Morgan fingerprint density at radius 2 is 1.96 bits per heavy atom. The first kappa shape index (κ1) is 21.2. The highest BCUT2D eigenvalue weighted by atomic mass is 16.6. The molecule has 150 valence electrons. The van der Waals surface area contributed by atoms with Crippen molar-refractivity contribution >= 4 is 12.0 Å². The summed E-state index contributed by atoms with van der Waals surface area (Å²) in [6.07, 6.45) is -0.556. The summed E-state index contributed by atoms with van der Waals surface area (Å²) < 4.78 is 10.6. The number of aliphatic hydroxyl groups excluding tert-OH is 1. The first-order chi connectivity index (χ1) is 12.7. The molecule has 1 fully saturated rings. The minimum absolute atomic E-state index is 0.180. The standard InChI is InChI=1S/C20H30N2O5/c1-20(2,3)17(18(24)21-11-10-15(23)14-21)22(12-13-26-4)19(25)27-16-8-6-5-7-9-16/h5-9,15,17,23H,10-14H2,1-4H3/t15-,17-/m1/s1. The first-order valence-corrected chi connectivity index (χ1v) is 9.23. The highest BCUT2D eigenvalue weighted by molar-refractivity contribution is 5.87. The van der Waals surface area contributed by atoms with Gasteiger partial charge in [0.1, 0.15) is 11.8 Å². The summed E-state index contributed by atoms with van der Waals surface area (Å²) in [5, 5.41) is 9.80. The molecule has 0 aromatic heterocycles. The number of carbonyl (C=O) groups is 2. The van der Waals surface area contributed by atoms with E-state index in [4.69, 9.17) is 9.47 Å². The second kappa shape index (κ2) is 9.19.